The first kappa shape index (κ1) is 23.3. The fourth-order valence-corrected chi connectivity index (χ4v) is 4.12. The molecular formula is C27H26N6O3. The summed E-state index contributed by atoms with van der Waals surface area (Å²) in [6.07, 6.45) is -1.18. The van der Waals surface area contributed by atoms with Crippen molar-refractivity contribution in [2.24, 2.45) is 15.7 Å². The Hall–Kier alpha value is -4.50. The van der Waals surface area contributed by atoms with Gasteiger partial charge in [0.2, 0.25) is 12.1 Å². The van der Waals surface area contributed by atoms with Crippen LogP contribution in [0.2, 0.25) is 0 Å². The number of nitrogens with one attached hydrogen (secondary N) is 2. The number of carbonyl (C=O) groups excluding carboxylic acids is 1. The molecule has 0 radical (unpaired) electrons. The van der Waals surface area contributed by atoms with Crippen LogP contribution in [0.25, 0.3) is 0 Å². The van der Waals surface area contributed by atoms with Crippen LogP contribution in [-0.2, 0) is 14.3 Å². The molecule has 2 aliphatic heterocycles. The number of benzene rings is 3. The van der Waals surface area contributed by atoms with E-state index in [1.54, 1.807) is 12.1 Å². The smallest absolute Gasteiger partial charge is 0.291 e. The Kier molecular flexibility index (Phi) is 6.72. The summed E-state index contributed by atoms with van der Waals surface area (Å²) in [5.41, 5.74) is 10.5. The molecule has 1 saturated heterocycles. The largest absolute Gasteiger partial charge is 0.407 e. The predicted molar refractivity (Wildman–Crippen MR) is 140 cm³/mol. The number of carbonyl (C=O) groups is 1. The second-order valence-corrected chi connectivity index (χ2v) is 8.30. The van der Waals surface area contributed by atoms with Crippen LogP contribution in [0.1, 0.15) is 16.7 Å². The molecule has 0 aliphatic carbocycles. The van der Waals surface area contributed by atoms with E-state index in [4.69, 9.17) is 20.6 Å². The molecular weight excluding hydrogens is 456 g/mol. The van der Waals surface area contributed by atoms with E-state index in [0.717, 1.165) is 29.9 Å². The molecule has 9 heteroatoms. The molecule has 1 amide bonds. The number of rotatable bonds is 4. The average Bonchev–Trinajstić information content (AvgIpc) is 3.06. The van der Waals surface area contributed by atoms with E-state index in [9.17, 15) is 4.79 Å². The zero-order valence-electron chi connectivity index (χ0n) is 19.6. The molecule has 4 N–H and O–H groups in total. The Balaban J connectivity index is 1.36. The summed E-state index contributed by atoms with van der Waals surface area (Å²) >= 11 is 0. The Morgan fingerprint density at radius 3 is 2.47 bits per heavy atom. The normalized spacial score (nSPS) is 17.9. The molecule has 1 atom stereocenters. The number of ether oxygens (including phenoxy) is 2. The maximum Gasteiger partial charge on any atom is 0.291 e. The molecule has 9 nitrogen and oxygen atoms in total. The van der Waals surface area contributed by atoms with E-state index in [0.29, 0.717) is 30.2 Å². The van der Waals surface area contributed by atoms with Gasteiger partial charge >= 0.3 is 0 Å². The highest BCUT2D eigenvalue weighted by Crippen LogP contribution is 2.24. The molecule has 36 heavy (non-hydrogen) atoms. The van der Waals surface area contributed by atoms with Crippen molar-refractivity contribution >= 4 is 34.9 Å². The van der Waals surface area contributed by atoms with Gasteiger partial charge in [-0.15, -0.1) is 0 Å². The second-order valence-electron chi connectivity index (χ2n) is 8.30. The van der Waals surface area contributed by atoms with E-state index < -0.39 is 12.1 Å². The van der Waals surface area contributed by atoms with Crippen LogP contribution in [0.4, 0.5) is 11.4 Å². The third-order valence-electron chi connectivity index (χ3n) is 5.94. The lowest BCUT2D eigenvalue weighted by molar-refractivity contribution is -0.117. The number of anilines is 2. The van der Waals surface area contributed by atoms with E-state index in [1.807, 2.05) is 66.7 Å². The lowest BCUT2D eigenvalue weighted by Gasteiger charge is -2.28. The van der Waals surface area contributed by atoms with Crippen molar-refractivity contribution in [3.63, 3.8) is 0 Å². The number of hydrogen-bond acceptors (Lipinski definition) is 7. The van der Waals surface area contributed by atoms with Gasteiger partial charge in [-0.1, -0.05) is 48.5 Å². The number of aliphatic imine (C=N–C) groups is 2. The summed E-state index contributed by atoms with van der Waals surface area (Å²) in [6, 6.07) is 24.1. The maximum atomic E-state index is 12.9. The molecule has 2 heterocycles. The van der Waals surface area contributed by atoms with E-state index >= 15 is 0 Å². The second kappa shape index (κ2) is 10.4. The minimum Gasteiger partial charge on any atom is -0.407 e. The first-order valence-corrected chi connectivity index (χ1v) is 11.6. The molecule has 0 spiro atoms. The minimum absolute atomic E-state index is 0.172. The predicted octanol–water partition coefficient (Wildman–Crippen LogP) is 3.00. The number of benzodiazepines with no additional fused rings is 1. The topological polar surface area (TPSA) is 125 Å². The molecule has 2 aliphatic rings. The van der Waals surface area contributed by atoms with Gasteiger partial charge in [0.15, 0.2) is 0 Å². The van der Waals surface area contributed by atoms with E-state index in [2.05, 4.69) is 20.2 Å². The van der Waals surface area contributed by atoms with Crippen LogP contribution < -0.4 is 16.0 Å². The number of fused-ring (bicyclic) bond motifs is 1. The molecule has 0 aromatic heterocycles. The summed E-state index contributed by atoms with van der Waals surface area (Å²) in [4.78, 5) is 24.0. The van der Waals surface area contributed by atoms with Crippen LogP contribution in [-0.4, -0.2) is 56.0 Å². The standard InChI is InChI=1S/C27H26N6O3/c28-24(19-10-12-20(13-11-19)33-14-16-35-17-15-33)36-27(29)32-25-26(34)30-22-9-5-4-8-21(22)23(31-25)18-6-2-1-3-7-18/h1-13,25,28H,14-17H2,(H2,29,32)(H,30,34). The minimum atomic E-state index is -1.18. The summed E-state index contributed by atoms with van der Waals surface area (Å²) in [6.45, 7) is 3.04. The number of hydrogen-bond donors (Lipinski definition) is 3. The molecule has 3 aromatic carbocycles. The van der Waals surface area contributed by atoms with Gasteiger partial charge in [0.25, 0.3) is 11.9 Å². The summed E-state index contributed by atoms with van der Waals surface area (Å²) < 4.78 is 10.9. The van der Waals surface area contributed by atoms with Gasteiger partial charge in [-0.25, -0.2) is 4.99 Å². The van der Waals surface area contributed by atoms with E-state index in [1.165, 1.54) is 0 Å². The number of amidine groups is 1. The Morgan fingerprint density at radius 1 is 1.03 bits per heavy atom. The third kappa shape index (κ3) is 5.11. The monoisotopic (exact) mass is 482 g/mol. The molecule has 0 saturated carbocycles. The van der Waals surface area contributed by atoms with Crippen LogP contribution in [0.3, 0.4) is 0 Å². The van der Waals surface area contributed by atoms with Gasteiger partial charge < -0.3 is 25.4 Å². The van der Waals surface area contributed by atoms with Crippen molar-refractivity contribution in [3.8, 4) is 0 Å². The Morgan fingerprint density at radius 2 is 1.72 bits per heavy atom. The molecule has 1 unspecified atom stereocenters. The van der Waals surface area contributed by atoms with Gasteiger partial charge in [0.05, 0.1) is 24.6 Å². The zero-order valence-corrected chi connectivity index (χ0v) is 19.6. The highest BCUT2D eigenvalue weighted by atomic mass is 16.5. The van der Waals surface area contributed by atoms with Crippen molar-refractivity contribution in [3.05, 3.63) is 95.6 Å². The summed E-state index contributed by atoms with van der Waals surface area (Å²) in [5.74, 6) is -0.615. The molecule has 182 valence electrons. The van der Waals surface area contributed by atoms with Crippen molar-refractivity contribution < 1.29 is 14.3 Å². The quantitative estimate of drug-likeness (QED) is 0.389. The first-order chi connectivity index (χ1) is 17.6. The van der Waals surface area contributed by atoms with Gasteiger partial charge in [-0.2, -0.15) is 4.99 Å². The SMILES string of the molecule is N=C(OC(N)=NC1N=C(c2ccccc2)c2ccccc2NC1=O)c1ccc(N2CCOCC2)cc1. The Bertz CT molecular complexity index is 1310. The lowest BCUT2D eigenvalue weighted by Crippen LogP contribution is -2.36. The van der Waals surface area contributed by atoms with Crippen molar-refractivity contribution in [1.82, 2.24) is 0 Å². The van der Waals surface area contributed by atoms with Crippen LogP contribution in [0.15, 0.2) is 88.8 Å². The third-order valence-corrected chi connectivity index (χ3v) is 5.94. The number of morpholine rings is 1. The van der Waals surface area contributed by atoms with E-state index in [-0.39, 0.29) is 11.9 Å². The fourth-order valence-electron chi connectivity index (χ4n) is 4.12. The zero-order chi connectivity index (χ0) is 24.9. The fraction of sp³-hybridized carbons (Fsp3) is 0.185. The van der Waals surface area contributed by atoms with Crippen molar-refractivity contribution in [2.45, 2.75) is 6.17 Å². The molecule has 5 rings (SSSR count). The summed E-state index contributed by atoms with van der Waals surface area (Å²) in [7, 11) is 0. The van der Waals surface area contributed by atoms with Gasteiger partial charge in [-0.05, 0) is 30.3 Å². The molecule has 1 fully saturated rings. The average molecular weight is 483 g/mol. The van der Waals surface area contributed by atoms with Gasteiger partial charge in [-0.3, -0.25) is 10.2 Å². The van der Waals surface area contributed by atoms with Gasteiger partial charge in [0.1, 0.15) is 0 Å². The summed E-state index contributed by atoms with van der Waals surface area (Å²) in [5, 5.41) is 11.2. The molecule has 0 bridgehead atoms. The number of amides is 1. The lowest BCUT2D eigenvalue weighted by atomic mass is 10.0. The number of para-hydroxylation sites is 1. The van der Waals surface area contributed by atoms with Crippen molar-refractivity contribution in [1.29, 1.82) is 5.41 Å². The van der Waals surface area contributed by atoms with Crippen LogP contribution >= 0.6 is 0 Å². The first-order valence-electron chi connectivity index (χ1n) is 11.6. The van der Waals surface area contributed by atoms with Crippen LogP contribution in [0, 0.1) is 5.41 Å². The maximum absolute atomic E-state index is 12.9. The highest BCUT2D eigenvalue weighted by molar-refractivity contribution is 6.19. The van der Waals surface area contributed by atoms with Crippen LogP contribution in [0.5, 0.6) is 0 Å². The number of nitrogens with two attached hydrogens (primary N) is 1. The highest BCUT2D eigenvalue weighted by Gasteiger charge is 2.26. The molecule has 3 aromatic rings. The van der Waals surface area contributed by atoms with Gasteiger partial charge in [0, 0.05) is 35.5 Å². The van der Waals surface area contributed by atoms with Crippen molar-refractivity contribution in [2.75, 3.05) is 36.5 Å². The number of nitrogens with zero attached hydrogens (tertiary/aromatic N) is 3. The Labute approximate surface area is 208 Å².